The molecule has 1 aliphatic rings. The first-order valence-corrected chi connectivity index (χ1v) is 8.16. The van der Waals surface area contributed by atoms with E-state index in [1.807, 2.05) is 18.2 Å². The van der Waals surface area contributed by atoms with E-state index in [1.54, 1.807) is 6.92 Å². The molecule has 0 aliphatic carbocycles. The summed E-state index contributed by atoms with van der Waals surface area (Å²) in [5.41, 5.74) is 1.71. The van der Waals surface area contributed by atoms with Gasteiger partial charge in [0, 0.05) is 28.4 Å². The monoisotopic (exact) mass is 388 g/mol. The predicted molar refractivity (Wildman–Crippen MR) is 89.2 cm³/mol. The SMILES string of the molecule is CC(CO)NC(=O)c1cc(I)ccc1N1CCCCC1. The number of halogens is 1. The zero-order valence-electron chi connectivity index (χ0n) is 11.7. The number of aliphatic hydroxyl groups is 1. The van der Waals surface area contributed by atoms with Crippen molar-refractivity contribution in [3.05, 3.63) is 27.3 Å². The summed E-state index contributed by atoms with van der Waals surface area (Å²) in [4.78, 5) is 14.7. The van der Waals surface area contributed by atoms with Gasteiger partial charge in [0.2, 0.25) is 0 Å². The van der Waals surface area contributed by atoms with Gasteiger partial charge in [-0.05, 0) is 67.0 Å². The number of carbonyl (C=O) groups excluding carboxylic acids is 1. The van der Waals surface area contributed by atoms with Crippen LogP contribution in [0.1, 0.15) is 36.5 Å². The Morgan fingerprint density at radius 3 is 2.75 bits per heavy atom. The van der Waals surface area contributed by atoms with Gasteiger partial charge in [-0.15, -0.1) is 0 Å². The average Bonchev–Trinajstić information content (AvgIpc) is 2.47. The van der Waals surface area contributed by atoms with Crippen LogP contribution in [0.4, 0.5) is 5.69 Å². The Morgan fingerprint density at radius 2 is 2.10 bits per heavy atom. The van der Waals surface area contributed by atoms with Crippen molar-refractivity contribution in [1.82, 2.24) is 5.32 Å². The van der Waals surface area contributed by atoms with E-state index in [9.17, 15) is 4.79 Å². The van der Waals surface area contributed by atoms with E-state index in [4.69, 9.17) is 5.11 Å². The van der Waals surface area contributed by atoms with E-state index >= 15 is 0 Å². The number of rotatable bonds is 4. The summed E-state index contributed by atoms with van der Waals surface area (Å²) in [7, 11) is 0. The number of hydrogen-bond donors (Lipinski definition) is 2. The van der Waals surface area contributed by atoms with Crippen molar-refractivity contribution in [2.24, 2.45) is 0 Å². The van der Waals surface area contributed by atoms with Gasteiger partial charge in [-0.2, -0.15) is 0 Å². The first-order chi connectivity index (χ1) is 9.61. The minimum atomic E-state index is -0.227. The molecule has 1 aromatic rings. The molecule has 20 heavy (non-hydrogen) atoms. The molecule has 0 radical (unpaired) electrons. The predicted octanol–water partition coefficient (Wildman–Crippen LogP) is 2.39. The normalized spacial score (nSPS) is 16.9. The number of nitrogens with one attached hydrogen (secondary N) is 1. The lowest BCUT2D eigenvalue weighted by Gasteiger charge is -2.30. The first-order valence-electron chi connectivity index (χ1n) is 7.08. The summed E-state index contributed by atoms with van der Waals surface area (Å²) < 4.78 is 1.05. The van der Waals surface area contributed by atoms with Crippen LogP contribution in [0.5, 0.6) is 0 Å². The highest BCUT2D eigenvalue weighted by atomic mass is 127. The summed E-state index contributed by atoms with van der Waals surface area (Å²) in [6, 6.07) is 5.77. The molecule has 4 nitrogen and oxygen atoms in total. The number of benzene rings is 1. The van der Waals surface area contributed by atoms with E-state index in [-0.39, 0.29) is 18.6 Å². The molecule has 1 aromatic carbocycles. The van der Waals surface area contributed by atoms with Crippen molar-refractivity contribution >= 4 is 34.2 Å². The largest absolute Gasteiger partial charge is 0.394 e. The van der Waals surface area contributed by atoms with E-state index in [1.165, 1.54) is 19.3 Å². The second kappa shape index (κ2) is 7.26. The van der Waals surface area contributed by atoms with E-state index in [2.05, 4.69) is 32.8 Å². The van der Waals surface area contributed by atoms with Gasteiger partial charge in [-0.1, -0.05) is 0 Å². The zero-order chi connectivity index (χ0) is 14.5. The van der Waals surface area contributed by atoms with Crippen LogP contribution >= 0.6 is 22.6 Å². The highest BCUT2D eigenvalue weighted by molar-refractivity contribution is 14.1. The topological polar surface area (TPSA) is 52.6 Å². The number of anilines is 1. The van der Waals surface area contributed by atoms with Crippen LogP contribution in [0.3, 0.4) is 0 Å². The van der Waals surface area contributed by atoms with E-state index < -0.39 is 0 Å². The van der Waals surface area contributed by atoms with Crippen molar-refractivity contribution in [2.45, 2.75) is 32.2 Å². The number of amides is 1. The summed E-state index contributed by atoms with van der Waals surface area (Å²) in [6.45, 7) is 3.77. The first kappa shape index (κ1) is 15.6. The molecule has 1 unspecified atom stereocenters. The maximum Gasteiger partial charge on any atom is 0.253 e. The molecular weight excluding hydrogens is 367 g/mol. The van der Waals surface area contributed by atoms with Gasteiger partial charge in [0.15, 0.2) is 0 Å². The molecule has 5 heteroatoms. The Labute approximate surface area is 133 Å². The van der Waals surface area contributed by atoms with Crippen LogP contribution in [0.25, 0.3) is 0 Å². The number of piperidine rings is 1. The highest BCUT2D eigenvalue weighted by Gasteiger charge is 2.19. The average molecular weight is 388 g/mol. The van der Waals surface area contributed by atoms with Gasteiger partial charge in [0.05, 0.1) is 12.2 Å². The van der Waals surface area contributed by atoms with Gasteiger partial charge < -0.3 is 15.3 Å². The zero-order valence-corrected chi connectivity index (χ0v) is 13.9. The molecule has 110 valence electrons. The minimum Gasteiger partial charge on any atom is -0.394 e. The third kappa shape index (κ3) is 3.85. The Kier molecular flexibility index (Phi) is 5.65. The number of aliphatic hydroxyl groups excluding tert-OH is 1. The number of nitrogens with zero attached hydrogens (tertiary/aromatic N) is 1. The van der Waals surface area contributed by atoms with Gasteiger partial charge in [-0.3, -0.25) is 4.79 Å². The smallest absolute Gasteiger partial charge is 0.253 e. The molecule has 0 aromatic heterocycles. The maximum atomic E-state index is 12.4. The lowest BCUT2D eigenvalue weighted by atomic mass is 10.1. The molecule has 0 spiro atoms. The molecule has 0 bridgehead atoms. The van der Waals surface area contributed by atoms with Gasteiger partial charge in [-0.25, -0.2) is 0 Å². The third-order valence-electron chi connectivity index (χ3n) is 3.55. The number of carbonyl (C=O) groups is 1. The highest BCUT2D eigenvalue weighted by Crippen LogP contribution is 2.26. The molecule has 1 aliphatic heterocycles. The van der Waals surface area contributed by atoms with Crippen molar-refractivity contribution in [3.63, 3.8) is 0 Å². The molecule has 0 saturated carbocycles. The van der Waals surface area contributed by atoms with Crippen molar-refractivity contribution in [2.75, 3.05) is 24.6 Å². The van der Waals surface area contributed by atoms with Crippen molar-refractivity contribution in [1.29, 1.82) is 0 Å². The van der Waals surface area contributed by atoms with Crippen molar-refractivity contribution < 1.29 is 9.90 Å². The quantitative estimate of drug-likeness (QED) is 0.779. The number of hydrogen-bond acceptors (Lipinski definition) is 3. The lowest BCUT2D eigenvalue weighted by Crippen LogP contribution is -2.37. The second-order valence-corrected chi connectivity index (χ2v) is 6.51. The van der Waals surface area contributed by atoms with E-state index in [0.717, 1.165) is 22.3 Å². The van der Waals surface area contributed by atoms with Crippen LogP contribution in [0.2, 0.25) is 0 Å². The molecule has 1 fully saturated rings. The fourth-order valence-corrected chi connectivity index (χ4v) is 2.94. The summed E-state index contributed by atoms with van der Waals surface area (Å²) >= 11 is 2.22. The van der Waals surface area contributed by atoms with Gasteiger partial charge in [0.1, 0.15) is 0 Å². The molecule has 1 atom stereocenters. The summed E-state index contributed by atoms with van der Waals surface area (Å²) in [5, 5.41) is 11.9. The summed E-state index contributed by atoms with van der Waals surface area (Å²) in [6.07, 6.45) is 3.63. The lowest BCUT2D eigenvalue weighted by molar-refractivity contribution is 0.0922. The van der Waals surface area contributed by atoms with E-state index in [0.29, 0.717) is 5.56 Å². The molecule has 1 saturated heterocycles. The molecule has 1 heterocycles. The Bertz CT molecular complexity index is 473. The Hall–Kier alpha value is -0.820. The molecule has 2 N–H and O–H groups in total. The Morgan fingerprint density at radius 1 is 1.40 bits per heavy atom. The molecule has 2 rings (SSSR count). The summed E-state index contributed by atoms with van der Waals surface area (Å²) in [5.74, 6) is -0.106. The fraction of sp³-hybridized carbons (Fsp3) is 0.533. The van der Waals surface area contributed by atoms with Crippen LogP contribution in [0.15, 0.2) is 18.2 Å². The van der Waals surface area contributed by atoms with Gasteiger partial charge >= 0.3 is 0 Å². The fourth-order valence-electron chi connectivity index (χ4n) is 2.45. The van der Waals surface area contributed by atoms with Crippen LogP contribution in [-0.4, -0.2) is 36.8 Å². The van der Waals surface area contributed by atoms with Crippen molar-refractivity contribution in [3.8, 4) is 0 Å². The Balaban J connectivity index is 2.25. The molecule has 1 amide bonds. The van der Waals surface area contributed by atoms with Crippen LogP contribution in [-0.2, 0) is 0 Å². The van der Waals surface area contributed by atoms with Gasteiger partial charge in [0.25, 0.3) is 5.91 Å². The van der Waals surface area contributed by atoms with Crippen LogP contribution < -0.4 is 10.2 Å². The molecular formula is C15H21IN2O2. The second-order valence-electron chi connectivity index (χ2n) is 5.27. The standard InChI is InChI=1S/C15H21IN2O2/c1-11(10-19)17-15(20)13-9-12(16)5-6-14(13)18-7-3-2-4-8-18/h5-6,9,11,19H,2-4,7-8,10H2,1H3,(H,17,20). The van der Waals surface area contributed by atoms with Crippen LogP contribution in [0, 0.1) is 3.57 Å². The minimum absolute atomic E-state index is 0.0469. The third-order valence-corrected chi connectivity index (χ3v) is 4.22. The maximum absolute atomic E-state index is 12.4.